The van der Waals surface area contributed by atoms with E-state index in [4.69, 9.17) is 4.74 Å². The molecule has 1 unspecified atom stereocenters. The van der Waals surface area contributed by atoms with E-state index in [0.29, 0.717) is 5.57 Å². The van der Waals surface area contributed by atoms with Crippen molar-refractivity contribution >= 4 is 5.78 Å². The summed E-state index contributed by atoms with van der Waals surface area (Å²) in [7, 11) is 0. The molecule has 0 aromatic heterocycles. The zero-order valence-electron chi connectivity index (χ0n) is 6.36. The molecular formula is C9H8O3. The SMILES string of the molecule is O=C1C=CC2(O)OC=CC=C2C1. The Hall–Kier alpha value is -1.35. The van der Waals surface area contributed by atoms with Crippen LogP contribution in [-0.2, 0) is 9.53 Å². The Kier molecular flexibility index (Phi) is 1.41. The number of carbonyl (C=O) groups excluding carboxylic acids is 1. The minimum absolute atomic E-state index is 0.00942. The van der Waals surface area contributed by atoms with E-state index in [-0.39, 0.29) is 12.2 Å². The van der Waals surface area contributed by atoms with E-state index < -0.39 is 5.79 Å². The van der Waals surface area contributed by atoms with Crippen LogP contribution in [0.3, 0.4) is 0 Å². The maximum absolute atomic E-state index is 10.9. The van der Waals surface area contributed by atoms with Gasteiger partial charge in [-0.1, -0.05) is 6.08 Å². The second kappa shape index (κ2) is 2.32. The van der Waals surface area contributed by atoms with Gasteiger partial charge in [-0.15, -0.1) is 0 Å². The van der Waals surface area contributed by atoms with E-state index >= 15 is 0 Å². The molecule has 0 amide bonds. The van der Waals surface area contributed by atoms with E-state index in [9.17, 15) is 9.90 Å². The molecule has 12 heavy (non-hydrogen) atoms. The van der Waals surface area contributed by atoms with E-state index in [1.54, 1.807) is 12.2 Å². The standard InChI is InChI=1S/C9H8O3/c10-8-3-4-9(11)7(6-8)2-1-5-12-9/h1-5,11H,6H2. The molecule has 3 heteroatoms. The van der Waals surface area contributed by atoms with Gasteiger partial charge in [0.15, 0.2) is 5.78 Å². The molecular weight excluding hydrogens is 156 g/mol. The highest BCUT2D eigenvalue weighted by Crippen LogP contribution is 2.30. The normalized spacial score (nSPS) is 32.4. The first-order chi connectivity index (χ1) is 5.71. The Morgan fingerprint density at radius 2 is 2.42 bits per heavy atom. The molecule has 2 aliphatic rings. The molecule has 1 heterocycles. The van der Waals surface area contributed by atoms with Crippen molar-refractivity contribution in [3.8, 4) is 0 Å². The zero-order chi connectivity index (χ0) is 8.60. The van der Waals surface area contributed by atoms with Crippen LogP contribution in [0.25, 0.3) is 0 Å². The number of rotatable bonds is 0. The van der Waals surface area contributed by atoms with Crippen molar-refractivity contribution in [2.45, 2.75) is 12.2 Å². The third kappa shape index (κ3) is 0.987. The fourth-order valence-corrected chi connectivity index (χ4v) is 1.28. The molecule has 2 rings (SSSR count). The molecule has 1 aliphatic carbocycles. The van der Waals surface area contributed by atoms with E-state index in [0.717, 1.165) is 0 Å². The van der Waals surface area contributed by atoms with Gasteiger partial charge in [-0.3, -0.25) is 4.79 Å². The molecule has 0 bridgehead atoms. The second-order valence-corrected chi connectivity index (χ2v) is 2.81. The highest BCUT2D eigenvalue weighted by molar-refractivity contribution is 5.93. The van der Waals surface area contributed by atoms with Gasteiger partial charge in [-0.25, -0.2) is 0 Å². The molecule has 1 atom stereocenters. The summed E-state index contributed by atoms with van der Waals surface area (Å²) in [6, 6.07) is 0. The first-order valence-corrected chi connectivity index (χ1v) is 3.69. The van der Waals surface area contributed by atoms with Gasteiger partial charge >= 0.3 is 0 Å². The van der Waals surface area contributed by atoms with Crippen LogP contribution in [0.15, 0.2) is 36.1 Å². The van der Waals surface area contributed by atoms with Crippen molar-refractivity contribution in [2.75, 3.05) is 0 Å². The Balaban J connectivity index is 2.43. The zero-order valence-corrected chi connectivity index (χ0v) is 6.36. The average molecular weight is 164 g/mol. The fourth-order valence-electron chi connectivity index (χ4n) is 1.28. The summed E-state index contributed by atoms with van der Waals surface area (Å²) in [4.78, 5) is 10.9. The predicted molar refractivity (Wildman–Crippen MR) is 42.0 cm³/mol. The van der Waals surface area contributed by atoms with Gasteiger partial charge in [0.2, 0.25) is 0 Å². The summed E-state index contributed by atoms with van der Waals surface area (Å²) in [5.41, 5.74) is 0.595. The van der Waals surface area contributed by atoms with Crippen molar-refractivity contribution in [3.63, 3.8) is 0 Å². The van der Waals surface area contributed by atoms with Gasteiger partial charge < -0.3 is 9.84 Å². The number of carbonyl (C=O) groups is 1. The smallest absolute Gasteiger partial charge is 0.251 e. The minimum Gasteiger partial charge on any atom is -0.462 e. The van der Waals surface area contributed by atoms with Crippen LogP contribution in [0.5, 0.6) is 0 Å². The monoisotopic (exact) mass is 164 g/mol. The van der Waals surface area contributed by atoms with Gasteiger partial charge in [-0.05, 0) is 18.2 Å². The molecule has 0 aromatic carbocycles. The lowest BCUT2D eigenvalue weighted by atomic mass is 9.93. The summed E-state index contributed by atoms with van der Waals surface area (Å²) in [6.45, 7) is 0. The maximum Gasteiger partial charge on any atom is 0.251 e. The molecule has 0 fully saturated rings. The van der Waals surface area contributed by atoms with Gasteiger partial charge in [0.1, 0.15) is 0 Å². The van der Waals surface area contributed by atoms with Gasteiger partial charge in [-0.2, -0.15) is 0 Å². The maximum atomic E-state index is 10.9. The third-order valence-electron chi connectivity index (χ3n) is 1.94. The first kappa shape index (κ1) is 7.31. The fraction of sp³-hybridized carbons (Fsp3) is 0.222. The number of ketones is 1. The molecule has 0 saturated heterocycles. The molecule has 3 nitrogen and oxygen atoms in total. The summed E-state index contributed by atoms with van der Waals surface area (Å²) in [5.74, 6) is -1.38. The van der Waals surface area contributed by atoms with E-state index in [1.807, 2.05) is 0 Å². The lowest BCUT2D eigenvalue weighted by molar-refractivity contribution is -0.123. The van der Waals surface area contributed by atoms with Crippen molar-refractivity contribution in [2.24, 2.45) is 0 Å². The second-order valence-electron chi connectivity index (χ2n) is 2.81. The lowest BCUT2D eigenvalue weighted by Gasteiger charge is -2.30. The van der Waals surface area contributed by atoms with Crippen molar-refractivity contribution in [1.82, 2.24) is 0 Å². The molecule has 62 valence electrons. The first-order valence-electron chi connectivity index (χ1n) is 3.69. The van der Waals surface area contributed by atoms with Gasteiger partial charge in [0.25, 0.3) is 5.79 Å². The lowest BCUT2D eigenvalue weighted by Crippen LogP contribution is -2.35. The van der Waals surface area contributed by atoms with Crippen LogP contribution in [0.4, 0.5) is 0 Å². The predicted octanol–water partition coefficient (Wildman–Crippen LogP) is 0.674. The summed E-state index contributed by atoms with van der Waals surface area (Å²) in [6.07, 6.45) is 7.72. The van der Waals surface area contributed by atoms with Crippen LogP contribution in [0.2, 0.25) is 0 Å². The van der Waals surface area contributed by atoms with Crippen molar-refractivity contribution in [1.29, 1.82) is 0 Å². The van der Waals surface area contributed by atoms with Crippen molar-refractivity contribution < 1.29 is 14.6 Å². The Morgan fingerprint density at radius 3 is 3.25 bits per heavy atom. The summed E-state index contributed by atoms with van der Waals surface area (Å²) < 4.78 is 4.99. The average Bonchev–Trinajstić information content (AvgIpc) is 2.06. The van der Waals surface area contributed by atoms with Crippen LogP contribution >= 0.6 is 0 Å². The Morgan fingerprint density at radius 1 is 1.58 bits per heavy atom. The number of hydrogen-bond donors (Lipinski definition) is 1. The van der Waals surface area contributed by atoms with Crippen LogP contribution in [0, 0.1) is 0 Å². The molecule has 0 aromatic rings. The van der Waals surface area contributed by atoms with Crippen LogP contribution < -0.4 is 0 Å². The molecule has 0 radical (unpaired) electrons. The largest absolute Gasteiger partial charge is 0.462 e. The minimum atomic E-state index is -1.37. The molecule has 0 spiro atoms. The van der Waals surface area contributed by atoms with E-state index in [2.05, 4.69) is 0 Å². The number of aliphatic hydroxyl groups is 1. The Labute approximate surface area is 69.6 Å². The summed E-state index contributed by atoms with van der Waals surface area (Å²) >= 11 is 0. The molecule has 1 aliphatic heterocycles. The number of ether oxygens (including phenoxy) is 1. The summed E-state index contributed by atoms with van der Waals surface area (Å²) in [5, 5.41) is 9.73. The van der Waals surface area contributed by atoms with Crippen molar-refractivity contribution in [3.05, 3.63) is 36.1 Å². The molecule has 1 N–H and O–H groups in total. The highest BCUT2D eigenvalue weighted by atomic mass is 16.6. The highest BCUT2D eigenvalue weighted by Gasteiger charge is 2.35. The number of fused-ring (bicyclic) bond motifs is 1. The van der Waals surface area contributed by atoms with Gasteiger partial charge in [0, 0.05) is 12.0 Å². The van der Waals surface area contributed by atoms with E-state index in [1.165, 1.54) is 18.4 Å². The quantitative estimate of drug-likeness (QED) is 0.572. The number of allylic oxidation sites excluding steroid dienone is 3. The van der Waals surface area contributed by atoms with Crippen LogP contribution in [0.1, 0.15) is 6.42 Å². The third-order valence-corrected chi connectivity index (χ3v) is 1.94. The van der Waals surface area contributed by atoms with Crippen LogP contribution in [-0.4, -0.2) is 16.7 Å². The molecule has 0 saturated carbocycles. The number of hydrogen-bond acceptors (Lipinski definition) is 3. The Bertz CT molecular complexity index is 312. The van der Waals surface area contributed by atoms with Gasteiger partial charge in [0.05, 0.1) is 6.26 Å². The topological polar surface area (TPSA) is 46.5 Å².